The first-order valence-electron chi connectivity index (χ1n) is 8.40. The van der Waals surface area contributed by atoms with Crippen LogP contribution in [0.3, 0.4) is 0 Å². The van der Waals surface area contributed by atoms with Crippen LogP contribution in [0.1, 0.15) is 85.0 Å². The molecule has 0 aliphatic carbocycles. The maximum absolute atomic E-state index is 11.8. The average Bonchev–Trinajstić information content (AvgIpc) is 2.44. The van der Waals surface area contributed by atoms with Gasteiger partial charge in [0.1, 0.15) is 0 Å². The van der Waals surface area contributed by atoms with Gasteiger partial charge in [0.15, 0.2) is 0 Å². The number of esters is 1. The van der Waals surface area contributed by atoms with E-state index in [0.717, 1.165) is 38.5 Å². The van der Waals surface area contributed by atoms with Crippen molar-refractivity contribution in [3.63, 3.8) is 0 Å². The molecule has 5 heteroatoms. The number of carbonyl (C=O) groups excluding carboxylic acids is 1. The number of carbonyl (C=O) groups is 1. The van der Waals surface area contributed by atoms with Crippen LogP contribution >= 0.6 is 0 Å². The topological polar surface area (TPSA) is 26.3 Å². The number of unbranched alkanes of at least 4 members (excludes halogenated alkanes) is 7. The van der Waals surface area contributed by atoms with E-state index in [1.807, 2.05) is 6.92 Å². The van der Waals surface area contributed by atoms with Gasteiger partial charge in [-0.2, -0.15) is 0 Å². The Kier molecular flexibility index (Phi) is 22.4. The van der Waals surface area contributed by atoms with Gasteiger partial charge in [-0.25, -0.2) is 0 Å². The molecule has 127 valence electrons. The maximum atomic E-state index is 11.8. The first-order chi connectivity index (χ1) is 10.1. The SMILES string of the molecule is CCCCCC(=O)OCC.CCCCCCC[CH2][Sn]([F])[F]. The molecule has 0 aliphatic rings. The van der Waals surface area contributed by atoms with Gasteiger partial charge in [-0.05, 0) is 13.3 Å². The second-order valence-electron chi connectivity index (χ2n) is 5.12. The van der Waals surface area contributed by atoms with Gasteiger partial charge in [-0.15, -0.1) is 0 Å². The molecule has 0 atom stereocenters. The molecule has 0 heterocycles. The fourth-order valence-corrected chi connectivity index (χ4v) is 3.27. The van der Waals surface area contributed by atoms with Crippen molar-refractivity contribution in [3.8, 4) is 0 Å². The summed E-state index contributed by atoms with van der Waals surface area (Å²) in [7, 11) is 0. The van der Waals surface area contributed by atoms with Gasteiger partial charge in [0.2, 0.25) is 0 Å². The number of ether oxygens (including phenoxy) is 1. The molecule has 0 bridgehead atoms. The Morgan fingerprint density at radius 3 is 1.90 bits per heavy atom. The zero-order chi connectivity index (χ0) is 16.3. The quantitative estimate of drug-likeness (QED) is 0.226. The van der Waals surface area contributed by atoms with Crippen molar-refractivity contribution in [1.29, 1.82) is 0 Å². The van der Waals surface area contributed by atoms with E-state index in [4.69, 9.17) is 4.74 Å². The van der Waals surface area contributed by atoms with Gasteiger partial charge in [0.05, 0.1) is 6.61 Å². The van der Waals surface area contributed by atoms with Crippen LogP contribution in [0.2, 0.25) is 4.44 Å². The second-order valence-corrected chi connectivity index (χ2v) is 8.48. The van der Waals surface area contributed by atoms with Gasteiger partial charge in [0, 0.05) is 6.42 Å². The minimum atomic E-state index is -3.70. The van der Waals surface area contributed by atoms with Gasteiger partial charge in [-0.3, -0.25) is 4.79 Å². The Morgan fingerprint density at radius 2 is 1.38 bits per heavy atom. The molecule has 0 saturated carbocycles. The van der Waals surface area contributed by atoms with Crippen LogP contribution in [0.25, 0.3) is 0 Å². The standard InChI is InChI=1S/C8H16O2.C8H17.2FH.Sn/c1-3-5-6-7-8(9)10-4-2;1-3-5-7-8-6-4-2;;;/h3-7H2,1-2H3;1,3-8H2,2H3;2*1H;/q;;;;+2/p-2. The van der Waals surface area contributed by atoms with E-state index < -0.39 is 20.9 Å². The summed E-state index contributed by atoms with van der Waals surface area (Å²) in [6.45, 7) is 6.61. The van der Waals surface area contributed by atoms with E-state index in [1.54, 1.807) is 0 Å². The Balaban J connectivity index is 0. The predicted molar refractivity (Wildman–Crippen MR) is 86.9 cm³/mol. The van der Waals surface area contributed by atoms with E-state index in [-0.39, 0.29) is 10.4 Å². The number of hydrogen-bond acceptors (Lipinski definition) is 2. The van der Waals surface area contributed by atoms with E-state index in [1.165, 1.54) is 19.3 Å². The molecule has 0 N–H and O–H groups in total. The molecule has 0 aliphatic heterocycles. The van der Waals surface area contributed by atoms with Gasteiger partial charge in [-0.1, -0.05) is 19.8 Å². The van der Waals surface area contributed by atoms with Crippen LogP contribution in [0, 0.1) is 0 Å². The zero-order valence-corrected chi connectivity index (χ0v) is 16.9. The molecule has 2 nitrogen and oxygen atoms in total. The van der Waals surface area contributed by atoms with E-state index >= 15 is 0 Å². The minimum absolute atomic E-state index is 0.0593. The van der Waals surface area contributed by atoms with Crippen molar-refractivity contribution in [2.75, 3.05) is 6.61 Å². The summed E-state index contributed by atoms with van der Waals surface area (Å²) >= 11 is -3.70. The van der Waals surface area contributed by atoms with Crippen molar-refractivity contribution in [2.24, 2.45) is 0 Å². The molecule has 0 aromatic rings. The molecule has 0 aromatic carbocycles. The molecule has 0 fully saturated rings. The summed E-state index contributed by atoms with van der Waals surface area (Å²) in [4.78, 5) is 10.7. The third kappa shape index (κ3) is 25.4. The summed E-state index contributed by atoms with van der Waals surface area (Å²) in [6, 6.07) is 0. The van der Waals surface area contributed by atoms with E-state index in [9.17, 15) is 10.5 Å². The van der Waals surface area contributed by atoms with Crippen LogP contribution in [-0.2, 0) is 9.53 Å². The van der Waals surface area contributed by atoms with Crippen LogP contribution in [0.15, 0.2) is 0 Å². The molecule has 1 radical (unpaired) electrons. The molecule has 0 spiro atoms. The summed E-state index contributed by atoms with van der Waals surface area (Å²) in [5.74, 6) is -0.0593. The third-order valence-corrected chi connectivity index (χ3v) is 5.10. The van der Waals surface area contributed by atoms with Crippen LogP contribution in [-0.4, -0.2) is 33.5 Å². The van der Waals surface area contributed by atoms with Crippen molar-refractivity contribution < 1.29 is 15.3 Å². The Labute approximate surface area is 138 Å². The molecule has 0 amide bonds. The molecule has 21 heavy (non-hydrogen) atoms. The van der Waals surface area contributed by atoms with Gasteiger partial charge in [0.25, 0.3) is 0 Å². The van der Waals surface area contributed by atoms with Crippen LogP contribution in [0.4, 0.5) is 5.73 Å². The van der Waals surface area contributed by atoms with Crippen molar-refractivity contribution in [2.45, 2.75) is 89.4 Å². The first-order valence-corrected chi connectivity index (χ1v) is 12.6. The zero-order valence-electron chi connectivity index (χ0n) is 14.1. The summed E-state index contributed by atoms with van der Waals surface area (Å²) in [6.07, 6.45) is 10.5. The first kappa shape index (κ1) is 23.4. The Morgan fingerprint density at radius 1 is 0.857 bits per heavy atom. The van der Waals surface area contributed by atoms with Gasteiger partial charge < -0.3 is 4.74 Å². The Hall–Kier alpha value is 0.129. The number of hydrogen-bond donors (Lipinski definition) is 0. The molecule has 0 aromatic heterocycles. The monoisotopic (exact) mass is 415 g/mol. The summed E-state index contributed by atoms with van der Waals surface area (Å²) < 4.78 is 28.6. The average molecular weight is 414 g/mol. The molecular formula is C16H33F2O2Sn. The van der Waals surface area contributed by atoms with Gasteiger partial charge >= 0.3 is 82.5 Å². The number of rotatable bonds is 12. The molecule has 0 rings (SSSR count). The van der Waals surface area contributed by atoms with Crippen LogP contribution < -0.4 is 0 Å². The van der Waals surface area contributed by atoms with Crippen molar-refractivity contribution in [3.05, 3.63) is 0 Å². The van der Waals surface area contributed by atoms with Crippen LogP contribution in [0.5, 0.6) is 0 Å². The van der Waals surface area contributed by atoms with E-state index in [0.29, 0.717) is 13.0 Å². The second kappa shape index (κ2) is 20.1. The normalized spacial score (nSPS) is 10.2. The fraction of sp³-hybridized carbons (Fsp3) is 0.938. The Bertz CT molecular complexity index is 214. The summed E-state index contributed by atoms with van der Waals surface area (Å²) in [5, 5.41) is 0. The molecule has 0 unspecified atom stereocenters. The third-order valence-electron chi connectivity index (χ3n) is 3.01. The number of halogens is 2. The van der Waals surface area contributed by atoms with Crippen molar-refractivity contribution in [1.82, 2.24) is 0 Å². The van der Waals surface area contributed by atoms with E-state index in [2.05, 4.69) is 13.8 Å². The molecule has 0 saturated heterocycles. The molecular weight excluding hydrogens is 381 g/mol. The van der Waals surface area contributed by atoms with Crippen molar-refractivity contribution >= 4 is 26.9 Å². The summed E-state index contributed by atoms with van der Waals surface area (Å²) in [5.41, 5.74) is 0. The predicted octanol–water partition coefficient (Wildman–Crippen LogP) is 5.90. The fourth-order valence-electron chi connectivity index (χ4n) is 1.79.